The van der Waals surface area contributed by atoms with E-state index in [4.69, 9.17) is 4.74 Å². The first-order valence-electron chi connectivity index (χ1n) is 11.0. The van der Waals surface area contributed by atoms with E-state index in [1.165, 1.54) is 11.3 Å². The Labute approximate surface area is 183 Å². The van der Waals surface area contributed by atoms with Gasteiger partial charge >= 0.3 is 5.97 Å². The molecule has 1 amide bonds. The summed E-state index contributed by atoms with van der Waals surface area (Å²) >= 11 is 1.33. The lowest BCUT2D eigenvalue weighted by Gasteiger charge is -2.37. The maximum absolute atomic E-state index is 13.7. The third kappa shape index (κ3) is 5.65. The molecular weight excluding hydrogens is 398 g/mol. The number of amides is 1. The third-order valence-corrected chi connectivity index (χ3v) is 6.93. The molecule has 1 N–H and O–H groups in total. The Kier molecular flexibility index (Phi) is 7.26. The van der Waals surface area contributed by atoms with E-state index in [9.17, 15) is 14.7 Å². The fraction of sp³-hybridized carbons (Fsp3) is 0.667. The molecule has 5 nitrogen and oxygen atoms in total. The van der Waals surface area contributed by atoms with Gasteiger partial charge in [0, 0.05) is 30.6 Å². The molecule has 0 atom stereocenters. The van der Waals surface area contributed by atoms with E-state index >= 15 is 0 Å². The van der Waals surface area contributed by atoms with Crippen LogP contribution in [-0.2, 0) is 9.53 Å². The Morgan fingerprint density at radius 1 is 1.13 bits per heavy atom. The Morgan fingerprint density at radius 2 is 1.77 bits per heavy atom. The highest BCUT2D eigenvalue weighted by Gasteiger charge is 2.36. The second kappa shape index (κ2) is 9.53. The fourth-order valence-corrected chi connectivity index (χ4v) is 5.20. The van der Waals surface area contributed by atoms with E-state index in [0.29, 0.717) is 29.0 Å². The summed E-state index contributed by atoms with van der Waals surface area (Å²) in [4.78, 5) is 28.2. The van der Waals surface area contributed by atoms with Gasteiger partial charge in [-0.15, -0.1) is 11.3 Å². The molecule has 0 aromatic carbocycles. The summed E-state index contributed by atoms with van der Waals surface area (Å²) in [6.45, 7) is 9.50. The third-order valence-electron chi connectivity index (χ3n) is 5.88. The van der Waals surface area contributed by atoms with Gasteiger partial charge < -0.3 is 9.84 Å². The van der Waals surface area contributed by atoms with E-state index in [-0.39, 0.29) is 28.8 Å². The second-order valence-electron chi connectivity index (χ2n) is 9.64. The van der Waals surface area contributed by atoms with Gasteiger partial charge in [-0.1, -0.05) is 18.8 Å². The molecule has 1 saturated carbocycles. The highest BCUT2D eigenvalue weighted by molar-refractivity contribution is 7.17. The van der Waals surface area contributed by atoms with Crippen LogP contribution in [-0.4, -0.2) is 36.2 Å². The van der Waals surface area contributed by atoms with Crippen LogP contribution in [0.2, 0.25) is 0 Å². The van der Waals surface area contributed by atoms with E-state index in [0.717, 1.165) is 38.5 Å². The first-order valence-corrected chi connectivity index (χ1v) is 11.8. The molecule has 2 fully saturated rings. The maximum atomic E-state index is 13.7. The number of carbonyl (C=O) groups excluding carboxylic acids is 1. The molecule has 1 aromatic rings. The summed E-state index contributed by atoms with van der Waals surface area (Å²) < 4.78 is 5.51. The minimum absolute atomic E-state index is 0.0224. The van der Waals surface area contributed by atoms with Gasteiger partial charge in [0.1, 0.15) is 5.00 Å². The highest BCUT2D eigenvalue weighted by atomic mass is 32.1. The predicted molar refractivity (Wildman–Crippen MR) is 120 cm³/mol. The minimum atomic E-state index is -1.01. The Hall–Kier alpha value is -1.84. The van der Waals surface area contributed by atoms with Crippen LogP contribution < -0.4 is 4.90 Å². The number of anilines is 1. The van der Waals surface area contributed by atoms with Crippen LogP contribution in [0.3, 0.4) is 0 Å². The van der Waals surface area contributed by atoms with Crippen molar-refractivity contribution in [1.29, 1.82) is 0 Å². The van der Waals surface area contributed by atoms with Crippen molar-refractivity contribution in [3.8, 4) is 11.8 Å². The molecule has 1 aliphatic heterocycles. The van der Waals surface area contributed by atoms with Crippen molar-refractivity contribution in [1.82, 2.24) is 0 Å². The molecule has 0 bridgehead atoms. The minimum Gasteiger partial charge on any atom is -0.478 e. The predicted octanol–water partition coefficient (Wildman–Crippen LogP) is 5.18. The van der Waals surface area contributed by atoms with Crippen molar-refractivity contribution in [3.63, 3.8) is 0 Å². The number of nitrogens with zero attached hydrogens (tertiary/aromatic N) is 1. The molecule has 6 heteroatoms. The molecule has 1 saturated heterocycles. The SMILES string of the molecule is CC1CCC(C(=O)N(c2sc(C#CC(C)(C)C)cc2C(=O)O)C2CCOCC2)CC1. The number of thiophene rings is 1. The quantitative estimate of drug-likeness (QED) is 0.667. The zero-order chi connectivity index (χ0) is 21.9. The van der Waals surface area contributed by atoms with Crippen LogP contribution in [0.1, 0.15) is 81.5 Å². The van der Waals surface area contributed by atoms with Gasteiger partial charge in [-0.3, -0.25) is 9.69 Å². The Balaban J connectivity index is 1.99. The van der Waals surface area contributed by atoms with Crippen LogP contribution >= 0.6 is 11.3 Å². The summed E-state index contributed by atoms with van der Waals surface area (Å²) in [7, 11) is 0. The van der Waals surface area contributed by atoms with Gasteiger partial charge in [-0.05, 0) is 71.3 Å². The van der Waals surface area contributed by atoms with Gasteiger partial charge in [0.15, 0.2) is 0 Å². The van der Waals surface area contributed by atoms with E-state index < -0.39 is 5.97 Å². The van der Waals surface area contributed by atoms with E-state index in [2.05, 4.69) is 18.8 Å². The molecule has 0 unspecified atom stereocenters. The normalized spacial score (nSPS) is 22.8. The van der Waals surface area contributed by atoms with Gasteiger partial charge in [-0.2, -0.15) is 0 Å². The van der Waals surface area contributed by atoms with Crippen LogP contribution in [0.15, 0.2) is 6.07 Å². The molecule has 3 rings (SSSR count). The smallest absolute Gasteiger partial charge is 0.338 e. The number of carboxylic acids is 1. The van der Waals surface area contributed by atoms with Gasteiger partial charge in [-0.25, -0.2) is 4.79 Å². The van der Waals surface area contributed by atoms with Crippen LogP contribution in [0.5, 0.6) is 0 Å². The molecule has 1 aliphatic carbocycles. The Bertz CT molecular complexity index is 828. The average molecular weight is 432 g/mol. The lowest BCUT2D eigenvalue weighted by Crippen LogP contribution is -2.47. The van der Waals surface area contributed by atoms with Crippen molar-refractivity contribution < 1.29 is 19.4 Å². The largest absolute Gasteiger partial charge is 0.478 e. The van der Waals surface area contributed by atoms with Crippen molar-refractivity contribution in [2.24, 2.45) is 17.3 Å². The summed E-state index contributed by atoms with van der Waals surface area (Å²) in [5.41, 5.74) is 0.00459. The molecule has 164 valence electrons. The van der Waals surface area contributed by atoms with E-state index in [1.807, 2.05) is 20.8 Å². The summed E-state index contributed by atoms with van der Waals surface area (Å²) in [5.74, 6) is 6.00. The number of carbonyl (C=O) groups is 2. The number of rotatable bonds is 4. The number of hydrogen-bond donors (Lipinski definition) is 1. The monoisotopic (exact) mass is 431 g/mol. The van der Waals surface area contributed by atoms with Crippen molar-refractivity contribution in [3.05, 3.63) is 16.5 Å². The number of aromatic carboxylic acids is 1. The number of hydrogen-bond acceptors (Lipinski definition) is 4. The molecular formula is C24H33NO4S. The highest BCUT2D eigenvalue weighted by Crippen LogP contribution is 2.38. The maximum Gasteiger partial charge on any atom is 0.338 e. The van der Waals surface area contributed by atoms with E-state index in [1.54, 1.807) is 11.0 Å². The molecule has 0 spiro atoms. The molecule has 30 heavy (non-hydrogen) atoms. The standard InChI is InChI=1S/C24H33NO4S/c1-16-5-7-17(8-6-16)21(26)25(18-10-13-29-14-11-18)22-20(23(27)28)15-19(30-22)9-12-24(2,3)4/h15-18H,5-8,10-11,13-14H2,1-4H3,(H,27,28). The van der Waals surface area contributed by atoms with Crippen molar-refractivity contribution in [2.75, 3.05) is 18.1 Å². The number of ether oxygens (including phenoxy) is 1. The van der Waals surface area contributed by atoms with Crippen LogP contribution in [0, 0.1) is 29.1 Å². The first-order chi connectivity index (χ1) is 14.2. The van der Waals surface area contributed by atoms with Gasteiger partial charge in [0.05, 0.1) is 10.4 Å². The molecule has 2 heterocycles. The second-order valence-corrected chi connectivity index (χ2v) is 10.7. The summed E-state index contributed by atoms with van der Waals surface area (Å²) in [5, 5.41) is 10.4. The average Bonchev–Trinajstić information content (AvgIpc) is 3.12. The van der Waals surface area contributed by atoms with Crippen molar-refractivity contribution >= 4 is 28.2 Å². The molecule has 0 radical (unpaired) electrons. The topological polar surface area (TPSA) is 66.8 Å². The lowest BCUT2D eigenvalue weighted by atomic mass is 9.82. The Morgan fingerprint density at radius 3 is 2.33 bits per heavy atom. The number of carboxylic acid groups (broad SMARTS) is 1. The molecule has 2 aliphatic rings. The van der Waals surface area contributed by atoms with Gasteiger partial charge in [0.25, 0.3) is 0 Å². The summed E-state index contributed by atoms with van der Waals surface area (Å²) in [6, 6.07) is 1.61. The zero-order valence-electron chi connectivity index (χ0n) is 18.5. The van der Waals surface area contributed by atoms with Crippen LogP contribution in [0.25, 0.3) is 0 Å². The molecule has 1 aromatic heterocycles. The first kappa shape index (κ1) is 22.8. The van der Waals surface area contributed by atoms with Gasteiger partial charge in [0.2, 0.25) is 5.91 Å². The van der Waals surface area contributed by atoms with Crippen molar-refractivity contribution in [2.45, 2.75) is 72.3 Å². The fourth-order valence-electron chi connectivity index (χ4n) is 4.12. The van der Waals surface area contributed by atoms with Crippen LogP contribution in [0.4, 0.5) is 5.00 Å². The zero-order valence-corrected chi connectivity index (χ0v) is 19.3. The summed E-state index contributed by atoms with van der Waals surface area (Å²) in [6.07, 6.45) is 5.32. The lowest BCUT2D eigenvalue weighted by molar-refractivity contribution is -0.124.